The lowest BCUT2D eigenvalue weighted by atomic mass is 10.1. The fourth-order valence-electron chi connectivity index (χ4n) is 2.85. The summed E-state index contributed by atoms with van der Waals surface area (Å²) in [4.78, 5) is 21.2. The lowest BCUT2D eigenvalue weighted by molar-refractivity contribution is 0.102. The molecule has 0 saturated carbocycles. The number of carbonyl (C=O) groups is 1. The van der Waals surface area contributed by atoms with Crippen LogP contribution in [0.3, 0.4) is 0 Å². The SMILES string of the molecule is CCN(CC)c1ccc(NC(=O)c2cc(NCCN(C)C)ccn2)c(C)c1. The van der Waals surface area contributed by atoms with Crippen LogP contribution in [0.4, 0.5) is 17.1 Å². The van der Waals surface area contributed by atoms with Crippen LogP contribution in [0.2, 0.25) is 0 Å². The minimum absolute atomic E-state index is 0.204. The highest BCUT2D eigenvalue weighted by Crippen LogP contribution is 2.23. The molecular weight excluding hydrogens is 338 g/mol. The number of aryl methyl sites for hydroxylation is 1. The Morgan fingerprint density at radius 1 is 1.11 bits per heavy atom. The van der Waals surface area contributed by atoms with Crippen molar-refractivity contribution in [2.75, 3.05) is 55.8 Å². The fourth-order valence-corrected chi connectivity index (χ4v) is 2.85. The minimum atomic E-state index is -0.204. The Bertz CT molecular complexity index is 756. The lowest BCUT2D eigenvalue weighted by Gasteiger charge is -2.22. The number of nitrogens with zero attached hydrogens (tertiary/aromatic N) is 3. The monoisotopic (exact) mass is 369 g/mol. The van der Waals surface area contributed by atoms with Gasteiger partial charge in [0.1, 0.15) is 5.69 Å². The molecule has 6 nitrogen and oxygen atoms in total. The van der Waals surface area contributed by atoms with Crippen molar-refractivity contribution < 1.29 is 4.79 Å². The van der Waals surface area contributed by atoms with E-state index in [1.54, 1.807) is 12.3 Å². The number of nitrogens with one attached hydrogen (secondary N) is 2. The molecule has 1 aromatic heterocycles. The van der Waals surface area contributed by atoms with Crippen LogP contribution in [0, 0.1) is 6.92 Å². The average Bonchev–Trinajstić information content (AvgIpc) is 2.64. The number of hydrogen-bond donors (Lipinski definition) is 2. The topological polar surface area (TPSA) is 60.5 Å². The van der Waals surface area contributed by atoms with Crippen molar-refractivity contribution in [1.29, 1.82) is 0 Å². The molecule has 0 aliphatic rings. The molecule has 0 aliphatic heterocycles. The molecule has 0 unspecified atom stereocenters. The summed E-state index contributed by atoms with van der Waals surface area (Å²) in [7, 11) is 4.06. The van der Waals surface area contributed by atoms with Crippen LogP contribution in [0.25, 0.3) is 0 Å². The second-order valence-corrected chi connectivity index (χ2v) is 6.79. The Hall–Kier alpha value is -2.60. The van der Waals surface area contributed by atoms with Crippen LogP contribution >= 0.6 is 0 Å². The molecule has 1 amide bonds. The maximum absolute atomic E-state index is 12.6. The summed E-state index contributed by atoms with van der Waals surface area (Å²) in [6.07, 6.45) is 1.66. The standard InChI is InChI=1S/C21H31N5O/c1-6-26(7-2)18-8-9-19(16(3)14-18)24-21(27)20-15-17(10-11-23-20)22-12-13-25(4)5/h8-11,14-15H,6-7,12-13H2,1-5H3,(H,22,23)(H,24,27). The van der Waals surface area contributed by atoms with Crippen LogP contribution in [0.15, 0.2) is 36.5 Å². The van der Waals surface area contributed by atoms with E-state index in [2.05, 4.69) is 45.3 Å². The number of rotatable bonds is 9. The van der Waals surface area contributed by atoms with Gasteiger partial charge in [-0.1, -0.05) is 0 Å². The zero-order valence-corrected chi connectivity index (χ0v) is 17.0. The van der Waals surface area contributed by atoms with Crippen molar-refractivity contribution in [1.82, 2.24) is 9.88 Å². The van der Waals surface area contributed by atoms with Crippen LogP contribution in [0.5, 0.6) is 0 Å². The van der Waals surface area contributed by atoms with E-state index in [0.29, 0.717) is 5.69 Å². The van der Waals surface area contributed by atoms with Gasteiger partial charge in [0.25, 0.3) is 5.91 Å². The molecule has 146 valence electrons. The van der Waals surface area contributed by atoms with E-state index in [1.807, 2.05) is 39.2 Å². The second kappa shape index (κ2) is 9.92. The van der Waals surface area contributed by atoms with E-state index in [0.717, 1.165) is 43.1 Å². The highest BCUT2D eigenvalue weighted by molar-refractivity contribution is 6.03. The third kappa shape index (κ3) is 5.96. The molecule has 0 fully saturated rings. The molecule has 0 bridgehead atoms. The number of hydrogen-bond acceptors (Lipinski definition) is 5. The predicted octanol–water partition coefficient (Wildman–Crippen LogP) is 3.46. The third-order valence-electron chi connectivity index (χ3n) is 4.47. The van der Waals surface area contributed by atoms with Gasteiger partial charge in [0.2, 0.25) is 0 Å². The van der Waals surface area contributed by atoms with Crippen molar-refractivity contribution >= 4 is 23.0 Å². The summed E-state index contributed by atoms with van der Waals surface area (Å²) in [6, 6.07) is 9.76. The first-order chi connectivity index (χ1) is 12.9. The first kappa shape index (κ1) is 20.7. The fraction of sp³-hybridized carbons (Fsp3) is 0.429. The number of benzene rings is 1. The molecule has 0 spiro atoms. The lowest BCUT2D eigenvalue weighted by Crippen LogP contribution is -2.22. The minimum Gasteiger partial charge on any atom is -0.384 e. The number of anilines is 3. The Morgan fingerprint density at radius 2 is 1.85 bits per heavy atom. The van der Waals surface area contributed by atoms with Crippen molar-refractivity contribution in [2.45, 2.75) is 20.8 Å². The quantitative estimate of drug-likeness (QED) is 0.709. The van der Waals surface area contributed by atoms with Crippen molar-refractivity contribution in [3.63, 3.8) is 0 Å². The van der Waals surface area contributed by atoms with Gasteiger partial charge in [-0.25, -0.2) is 0 Å². The van der Waals surface area contributed by atoms with E-state index in [9.17, 15) is 4.79 Å². The molecule has 27 heavy (non-hydrogen) atoms. The molecule has 0 saturated heterocycles. The highest BCUT2D eigenvalue weighted by atomic mass is 16.1. The largest absolute Gasteiger partial charge is 0.384 e. The van der Waals surface area contributed by atoms with Gasteiger partial charge in [0, 0.05) is 49.4 Å². The maximum Gasteiger partial charge on any atom is 0.274 e. The molecule has 2 aromatic rings. The number of amides is 1. The summed E-state index contributed by atoms with van der Waals surface area (Å²) in [5.41, 5.74) is 4.31. The molecule has 2 rings (SSSR count). The Morgan fingerprint density at radius 3 is 2.48 bits per heavy atom. The first-order valence-electron chi connectivity index (χ1n) is 9.46. The predicted molar refractivity (Wildman–Crippen MR) is 114 cm³/mol. The van der Waals surface area contributed by atoms with Crippen molar-refractivity contribution in [3.05, 3.63) is 47.8 Å². The summed E-state index contributed by atoms with van der Waals surface area (Å²) in [5, 5.41) is 6.29. The van der Waals surface area contributed by atoms with E-state index >= 15 is 0 Å². The summed E-state index contributed by atoms with van der Waals surface area (Å²) in [6.45, 7) is 9.93. The average molecular weight is 370 g/mol. The Balaban J connectivity index is 2.06. The van der Waals surface area contributed by atoms with Gasteiger partial charge in [-0.3, -0.25) is 9.78 Å². The van der Waals surface area contributed by atoms with Gasteiger partial charge in [-0.15, -0.1) is 0 Å². The smallest absolute Gasteiger partial charge is 0.274 e. The summed E-state index contributed by atoms with van der Waals surface area (Å²) in [5.74, 6) is -0.204. The number of likely N-dealkylation sites (N-methyl/N-ethyl adjacent to an activating group) is 1. The van der Waals surface area contributed by atoms with E-state index in [4.69, 9.17) is 0 Å². The third-order valence-corrected chi connectivity index (χ3v) is 4.47. The number of carbonyl (C=O) groups excluding carboxylic acids is 1. The molecule has 6 heteroatoms. The summed E-state index contributed by atoms with van der Waals surface area (Å²) < 4.78 is 0. The van der Waals surface area contributed by atoms with E-state index in [-0.39, 0.29) is 5.91 Å². The van der Waals surface area contributed by atoms with Crippen LogP contribution in [0.1, 0.15) is 29.9 Å². The van der Waals surface area contributed by atoms with Gasteiger partial charge < -0.3 is 20.4 Å². The summed E-state index contributed by atoms with van der Waals surface area (Å²) >= 11 is 0. The van der Waals surface area contributed by atoms with E-state index in [1.165, 1.54) is 5.69 Å². The first-order valence-corrected chi connectivity index (χ1v) is 9.46. The van der Waals surface area contributed by atoms with Crippen LogP contribution in [-0.4, -0.2) is 56.1 Å². The second-order valence-electron chi connectivity index (χ2n) is 6.79. The molecule has 2 N–H and O–H groups in total. The van der Waals surface area contributed by atoms with Gasteiger partial charge in [0.15, 0.2) is 0 Å². The van der Waals surface area contributed by atoms with E-state index < -0.39 is 0 Å². The zero-order chi connectivity index (χ0) is 19.8. The molecule has 0 atom stereocenters. The maximum atomic E-state index is 12.6. The van der Waals surface area contributed by atoms with Gasteiger partial charge in [-0.05, 0) is 70.8 Å². The van der Waals surface area contributed by atoms with Gasteiger partial charge >= 0.3 is 0 Å². The highest BCUT2D eigenvalue weighted by Gasteiger charge is 2.11. The Kier molecular flexibility index (Phi) is 7.61. The van der Waals surface area contributed by atoms with Crippen molar-refractivity contribution in [2.24, 2.45) is 0 Å². The van der Waals surface area contributed by atoms with Crippen LogP contribution in [-0.2, 0) is 0 Å². The number of aromatic nitrogens is 1. The van der Waals surface area contributed by atoms with Crippen molar-refractivity contribution in [3.8, 4) is 0 Å². The number of pyridine rings is 1. The molecule has 0 aliphatic carbocycles. The molecule has 1 aromatic carbocycles. The van der Waals surface area contributed by atoms with Gasteiger partial charge in [-0.2, -0.15) is 0 Å². The molecule has 0 radical (unpaired) electrons. The normalized spacial score (nSPS) is 10.7. The zero-order valence-electron chi connectivity index (χ0n) is 17.0. The molecular formula is C21H31N5O. The molecule has 1 heterocycles. The van der Waals surface area contributed by atoms with Gasteiger partial charge in [0.05, 0.1) is 0 Å². The Labute approximate surface area is 162 Å². The van der Waals surface area contributed by atoms with Crippen LogP contribution < -0.4 is 15.5 Å².